The molecule has 3 heteroatoms. The fourth-order valence-electron chi connectivity index (χ4n) is 2.80. The number of likely N-dealkylation sites (tertiary alicyclic amines) is 1. The minimum absolute atomic E-state index is 0.185. The molecule has 1 aliphatic rings. The minimum Gasteiger partial charge on any atom is -0.303 e. The van der Waals surface area contributed by atoms with Gasteiger partial charge in [0, 0.05) is 23.0 Å². The summed E-state index contributed by atoms with van der Waals surface area (Å²) < 4.78 is 0. The molecule has 1 saturated heterocycles. The lowest BCUT2D eigenvalue weighted by atomic mass is 9.88. The fraction of sp³-hybridized carbons (Fsp3) is 0.588. The Balaban J connectivity index is 1.87. The summed E-state index contributed by atoms with van der Waals surface area (Å²) in [6.07, 6.45) is 3.19. The van der Waals surface area contributed by atoms with Crippen molar-refractivity contribution >= 4 is 17.4 Å². The van der Waals surface area contributed by atoms with Crippen LogP contribution in [-0.2, 0) is 0 Å². The van der Waals surface area contributed by atoms with Gasteiger partial charge < -0.3 is 4.90 Å². The van der Waals surface area contributed by atoms with Crippen LogP contribution in [0.2, 0.25) is 5.02 Å². The van der Waals surface area contributed by atoms with Gasteiger partial charge >= 0.3 is 0 Å². The van der Waals surface area contributed by atoms with Crippen molar-refractivity contribution in [2.24, 2.45) is 11.8 Å². The summed E-state index contributed by atoms with van der Waals surface area (Å²) in [5.74, 6) is 1.22. The number of ketones is 1. The molecule has 1 heterocycles. The number of hydrogen-bond acceptors (Lipinski definition) is 2. The van der Waals surface area contributed by atoms with Crippen LogP contribution in [0.5, 0.6) is 0 Å². The Morgan fingerprint density at radius 2 is 1.90 bits per heavy atom. The highest BCUT2D eigenvalue weighted by Gasteiger charge is 2.26. The Morgan fingerprint density at radius 3 is 2.45 bits per heavy atom. The first-order chi connectivity index (χ1) is 9.60. The molecule has 1 aromatic carbocycles. The van der Waals surface area contributed by atoms with Crippen LogP contribution < -0.4 is 0 Å². The van der Waals surface area contributed by atoms with Crippen LogP contribution in [0.25, 0.3) is 0 Å². The van der Waals surface area contributed by atoms with Crippen molar-refractivity contribution in [1.29, 1.82) is 0 Å². The Hall–Kier alpha value is -0.860. The van der Waals surface area contributed by atoms with E-state index in [1.54, 1.807) is 12.1 Å². The molecule has 1 aromatic rings. The largest absolute Gasteiger partial charge is 0.303 e. The third kappa shape index (κ3) is 4.07. The molecule has 1 aliphatic heterocycles. The van der Waals surface area contributed by atoms with Crippen LogP contribution in [0, 0.1) is 11.8 Å². The molecule has 20 heavy (non-hydrogen) atoms. The van der Waals surface area contributed by atoms with Crippen LogP contribution >= 0.6 is 11.6 Å². The number of piperidine rings is 1. The van der Waals surface area contributed by atoms with Gasteiger partial charge in [0.2, 0.25) is 0 Å². The first kappa shape index (κ1) is 15.5. The van der Waals surface area contributed by atoms with Crippen molar-refractivity contribution < 1.29 is 4.79 Å². The number of carbonyl (C=O) groups is 1. The average molecular weight is 294 g/mol. The second-order valence-corrected chi connectivity index (χ2v) is 6.40. The van der Waals surface area contributed by atoms with Crippen LogP contribution in [0.15, 0.2) is 24.3 Å². The van der Waals surface area contributed by atoms with E-state index in [9.17, 15) is 4.79 Å². The molecule has 0 radical (unpaired) electrons. The third-order valence-electron chi connectivity index (χ3n) is 4.35. The van der Waals surface area contributed by atoms with Gasteiger partial charge in [-0.05, 0) is 56.1 Å². The molecule has 2 nitrogen and oxygen atoms in total. The fourth-order valence-corrected chi connectivity index (χ4v) is 2.92. The van der Waals surface area contributed by atoms with Gasteiger partial charge in [-0.3, -0.25) is 4.79 Å². The molecule has 1 fully saturated rings. The lowest BCUT2D eigenvalue weighted by molar-refractivity contribution is 0.0828. The first-order valence-corrected chi connectivity index (χ1v) is 8.00. The highest BCUT2D eigenvalue weighted by molar-refractivity contribution is 6.30. The number of Topliss-reactive ketones (excluding diaryl/α,β-unsaturated/α-hetero) is 1. The maximum Gasteiger partial charge on any atom is 0.166 e. The molecule has 110 valence electrons. The molecule has 2 rings (SSSR count). The highest BCUT2D eigenvalue weighted by atomic mass is 35.5. The average Bonchev–Trinajstić information content (AvgIpc) is 2.48. The van der Waals surface area contributed by atoms with Gasteiger partial charge in [0.25, 0.3) is 0 Å². The van der Waals surface area contributed by atoms with Crippen molar-refractivity contribution in [1.82, 2.24) is 4.90 Å². The van der Waals surface area contributed by atoms with Gasteiger partial charge in [-0.25, -0.2) is 0 Å². The zero-order valence-corrected chi connectivity index (χ0v) is 13.2. The number of hydrogen-bond donors (Lipinski definition) is 0. The standard InChI is InChI=1S/C17H24ClNO/c1-3-13(2)12-19-10-8-15(9-11-19)17(20)14-4-6-16(18)7-5-14/h4-7,13,15H,3,8-12H2,1-2H3. The van der Waals surface area contributed by atoms with E-state index in [1.165, 1.54) is 13.0 Å². The topological polar surface area (TPSA) is 20.3 Å². The van der Waals surface area contributed by atoms with Crippen LogP contribution in [-0.4, -0.2) is 30.3 Å². The van der Waals surface area contributed by atoms with Crippen molar-refractivity contribution in [3.05, 3.63) is 34.9 Å². The minimum atomic E-state index is 0.185. The molecular weight excluding hydrogens is 270 g/mol. The molecule has 1 atom stereocenters. The zero-order chi connectivity index (χ0) is 14.5. The number of halogens is 1. The maximum absolute atomic E-state index is 12.4. The summed E-state index contributed by atoms with van der Waals surface area (Å²) in [4.78, 5) is 14.9. The van der Waals surface area contributed by atoms with E-state index in [-0.39, 0.29) is 11.7 Å². The molecule has 1 unspecified atom stereocenters. The van der Waals surface area contributed by atoms with Gasteiger partial charge in [-0.2, -0.15) is 0 Å². The molecule has 0 amide bonds. The predicted octanol–water partition coefficient (Wildman–Crippen LogP) is 4.28. The summed E-state index contributed by atoms with van der Waals surface area (Å²) in [6, 6.07) is 7.28. The van der Waals surface area contributed by atoms with Gasteiger partial charge in [-0.1, -0.05) is 31.9 Å². The number of nitrogens with zero attached hydrogens (tertiary/aromatic N) is 1. The Morgan fingerprint density at radius 1 is 1.30 bits per heavy atom. The smallest absolute Gasteiger partial charge is 0.166 e. The summed E-state index contributed by atoms with van der Waals surface area (Å²) >= 11 is 5.87. The van der Waals surface area contributed by atoms with E-state index < -0.39 is 0 Å². The van der Waals surface area contributed by atoms with Crippen LogP contribution in [0.3, 0.4) is 0 Å². The van der Waals surface area contributed by atoms with Gasteiger partial charge in [0.1, 0.15) is 0 Å². The monoisotopic (exact) mass is 293 g/mol. The van der Waals surface area contributed by atoms with Crippen LogP contribution in [0.4, 0.5) is 0 Å². The Kier molecular flexibility index (Phi) is 5.62. The van der Waals surface area contributed by atoms with E-state index in [1.807, 2.05) is 12.1 Å². The summed E-state index contributed by atoms with van der Waals surface area (Å²) in [5.41, 5.74) is 0.801. The summed E-state index contributed by atoms with van der Waals surface area (Å²) in [7, 11) is 0. The van der Waals surface area contributed by atoms with Gasteiger partial charge in [0.15, 0.2) is 5.78 Å². The third-order valence-corrected chi connectivity index (χ3v) is 4.61. The quantitative estimate of drug-likeness (QED) is 0.755. The zero-order valence-electron chi connectivity index (χ0n) is 12.4. The number of rotatable bonds is 5. The lowest BCUT2D eigenvalue weighted by Crippen LogP contribution is -2.38. The lowest BCUT2D eigenvalue weighted by Gasteiger charge is -2.32. The number of carbonyl (C=O) groups excluding carboxylic acids is 1. The molecular formula is C17H24ClNO. The first-order valence-electron chi connectivity index (χ1n) is 7.62. The van der Waals surface area contributed by atoms with E-state index in [4.69, 9.17) is 11.6 Å². The molecule has 0 bridgehead atoms. The molecule has 0 aromatic heterocycles. The van der Waals surface area contributed by atoms with Gasteiger partial charge in [-0.15, -0.1) is 0 Å². The second-order valence-electron chi connectivity index (χ2n) is 5.96. The molecule has 0 N–H and O–H groups in total. The van der Waals surface area contributed by atoms with Crippen molar-refractivity contribution in [3.63, 3.8) is 0 Å². The molecule has 0 saturated carbocycles. The van der Waals surface area contributed by atoms with E-state index in [2.05, 4.69) is 18.7 Å². The predicted molar refractivity (Wildman–Crippen MR) is 84.4 cm³/mol. The molecule has 0 aliphatic carbocycles. The van der Waals surface area contributed by atoms with Crippen molar-refractivity contribution in [2.45, 2.75) is 33.1 Å². The van der Waals surface area contributed by atoms with Crippen LogP contribution in [0.1, 0.15) is 43.5 Å². The number of benzene rings is 1. The summed E-state index contributed by atoms with van der Waals surface area (Å²) in [6.45, 7) is 7.80. The second kappa shape index (κ2) is 7.24. The SMILES string of the molecule is CCC(C)CN1CCC(C(=O)c2ccc(Cl)cc2)CC1. The van der Waals surface area contributed by atoms with Crippen molar-refractivity contribution in [3.8, 4) is 0 Å². The summed E-state index contributed by atoms with van der Waals surface area (Å²) in [5, 5.41) is 0.685. The van der Waals surface area contributed by atoms with E-state index >= 15 is 0 Å². The van der Waals surface area contributed by atoms with E-state index in [0.717, 1.165) is 37.4 Å². The molecule has 0 spiro atoms. The van der Waals surface area contributed by atoms with Gasteiger partial charge in [0.05, 0.1) is 0 Å². The normalized spacial score (nSPS) is 18.9. The highest BCUT2D eigenvalue weighted by Crippen LogP contribution is 2.23. The maximum atomic E-state index is 12.4. The van der Waals surface area contributed by atoms with E-state index in [0.29, 0.717) is 5.02 Å². The Bertz CT molecular complexity index is 435. The van der Waals surface area contributed by atoms with Crippen molar-refractivity contribution in [2.75, 3.05) is 19.6 Å². The Labute approximate surface area is 127 Å².